The van der Waals surface area contributed by atoms with Gasteiger partial charge in [0.2, 0.25) is 0 Å². The molecular weight excluding hydrogens is 313 g/mol. The van der Waals surface area contributed by atoms with E-state index in [4.69, 9.17) is 11.6 Å². The molecule has 22 heavy (non-hydrogen) atoms. The van der Waals surface area contributed by atoms with Crippen LogP contribution in [0.4, 0.5) is 13.2 Å². The Labute approximate surface area is 134 Å². The van der Waals surface area contributed by atoms with Crippen LogP contribution in [0.3, 0.4) is 0 Å². The number of likely N-dealkylation sites (tertiary alicyclic amines) is 1. The monoisotopic (exact) mass is 334 g/mol. The normalized spacial score (nSPS) is 21.2. The summed E-state index contributed by atoms with van der Waals surface area (Å²) in [6, 6.07) is 7.69. The van der Waals surface area contributed by atoms with Gasteiger partial charge >= 0.3 is 6.18 Å². The summed E-state index contributed by atoms with van der Waals surface area (Å²) in [6.07, 6.45) is -2.32. The minimum Gasteiger partial charge on any atom is -0.306 e. The molecule has 0 amide bonds. The minimum absolute atomic E-state index is 0.113. The molecule has 1 aliphatic rings. The van der Waals surface area contributed by atoms with Crippen molar-refractivity contribution in [3.63, 3.8) is 0 Å². The van der Waals surface area contributed by atoms with Gasteiger partial charge in [0.15, 0.2) is 0 Å². The Kier molecular flexibility index (Phi) is 6.12. The van der Waals surface area contributed by atoms with Gasteiger partial charge in [0.1, 0.15) is 0 Å². The van der Waals surface area contributed by atoms with Crippen LogP contribution in [-0.2, 0) is 6.54 Å². The van der Waals surface area contributed by atoms with Gasteiger partial charge in [-0.2, -0.15) is 13.2 Å². The van der Waals surface area contributed by atoms with Gasteiger partial charge in [0.25, 0.3) is 0 Å². The quantitative estimate of drug-likeness (QED) is 0.843. The van der Waals surface area contributed by atoms with Crippen LogP contribution in [0.2, 0.25) is 5.02 Å². The molecule has 0 spiro atoms. The molecule has 6 heteroatoms. The summed E-state index contributed by atoms with van der Waals surface area (Å²) in [5.41, 5.74) is 1.18. The summed E-state index contributed by atoms with van der Waals surface area (Å²) < 4.78 is 36.6. The van der Waals surface area contributed by atoms with E-state index in [0.717, 1.165) is 37.5 Å². The molecule has 1 aliphatic heterocycles. The van der Waals surface area contributed by atoms with E-state index >= 15 is 0 Å². The summed E-state index contributed by atoms with van der Waals surface area (Å²) in [5.74, 6) is 0.454. The maximum atomic E-state index is 12.2. The van der Waals surface area contributed by atoms with Gasteiger partial charge in [-0.1, -0.05) is 23.7 Å². The zero-order valence-corrected chi connectivity index (χ0v) is 13.4. The van der Waals surface area contributed by atoms with Crippen LogP contribution in [0.5, 0.6) is 0 Å². The lowest BCUT2D eigenvalue weighted by molar-refractivity contribution is -0.126. The van der Waals surface area contributed by atoms with Gasteiger partial charge in [-0.3, -0.25) is 4.90 Å². The highest BCUT2D eigenvalue weighted by molar-refractivity contribution is 6.30. The standard InChI is InChI=1S/C16H22ClF3N2/c1-12(21-11-16(18,19)20)7-14-5-6-22(10-14)9-13-3-2-4-15(17)8-13/h2-4,8,12,14,21H,5-7,9-11H2,1H3. The Balaban J connectivity index is 1.73. The van der Waals surface area contributed by atoms with Crippen molar-refractivity contribution in [1.29, 1.82) is 0 Å². The molecule has 1 N–H and O–H groups in total. The van der Waals surface area contributed by atoms with E-state index in [-0.39, 0.29) is 6.04 Å². The fourth-order valence-electron chi connectivity index (χ4n) is 3.02. The van der Waals surface area contributed by atoms with E-state index < -0.39 is 12.7 Å². The van der Waals surface area contributed by atoms with E-state index in [9.17, 15) is 13.2 Å². The van der Waals surface area contributed by atoms with Crippen molar-refractivity contribution < 1.29 is 13.2 Å². The van der Waals surface area contributed by atoms with E-state index in [1.54, 1.807) is 0 Å². The number of nitrogens with zero attached hydrogens (tertiary/aromatic N) is 1. The van der Waals surface area contributed by atoms with Crippen molar-refractivity contribution in [1.82, 2.24) is 10.2 Å². The molecule has 2 nitrogen and oxygen atoms in total. The smallest absolute Gasteiger partial charge is 0.306 e. The van der Waals surface area contributed by atoms with Gasteiger partial charge in [-0.05, 0) is 49.9 Å². The third-order valence-electron chi connectivity index (χ3n) is 4.00. The third-order valence-corrected chi connectivity index (χ3v) is 4.24. The summed E-state index contributed by atoms with van der Waals surface area (Å²) in [6.45, 7) is 3.69. The zero-order valence-electron chi connectivity index (χ0n) is 12.7. The van der Waals surface area contributed by atoms with Gasteiger partial charge in [-0.15, -0.1) is 0 Å². The molecule has 1 aromatic carbocycles. The second kappa shape index (κ2) is 7.66. The van der Waals surface area contributed by atoms with Crippen molar-refractivity contribution in [2.45, 2.75) is 38.5 Å². The minimum atomic E-state index is -4.14. The highest BCUT2D eigenvalue weighted by atomic mass is 35.5. The summed E-state index contributed by atoms with van der Waals surface area (Å²) in [5, 5.41) is 3.29. The molecule has 1 fully saturated rings. The maximum Gasteiger partial charge on any atom is 0.401 e. The van der Waals surface area contributed by atoms with Crippen LogP contribution in [-0.4, -0.2) is 36.8 Å². The molecule has 2 unspecified atom stereocenters. The average molecular weight is 335 g/mol. The second-order valence-electron chi connectivity index (χ2n) is 6.15. The molecule has 0 aromatic heterocycles. The van der Waals surface area contributed by atoms with Gasteiger partial charge in [-0.25, -0.2) is 0 Å². The average Bonchev–Trinajstić information content (AvgIpc) is 2.83. The van der Waals surface area contributed by atoms with E-state index in [1.165, 1.54) is 5.56 Å². The number of halogens is 4. The number of benzene rings is 1. The van der Waals surface area contributed by atoms with Crippen LogP contribution in [0.15, 0.2) is 24.3 Å². The largest absolute Gasteiger partial charge is 0.401 e. The molecule has 0 bridgehead atoms. The van der Waals surface area contributed by atoms with Crippen LogP contribution < -0.4 is 5.32 Å². The fourth-order valence-corrected chi connectivity index (χ4v) is 3.23. The van der Waals surface area contributed by atoms with Gasteiger partial charge < -0.3 is 5.32 Å². The Morgan fingerprint density at radius 2 is 2.18 bits per heavy atom. The van der Waals surface area contributed by atoms with Crippen molar-refractivity contribution >= 4 is 11.6 Å². The molecule has 1 heterocycles. The molecule has 0 aliphatic carbocycles. The predicted molar refractivity (Wildman–Crippen MR) is 83.0 cm³/mol. The third kappa shape index (κ3) is 6.15. The van der Waals surface area contributed by atoms with Crippen LogP contribution in [0.1, 0.15) is 25.3 Å². The zero-order chi connectivity index (χ0) is 16.2. The topological polar surface area (TPSA) is 15.3 Å². The summed E-state index contributed by atoms with van der Waals surface area (Å²) in [4.78, 5) is 2.34. The number of hydrogen-bond acceptors (Lipinski definition) is 2. The lowest BCUT2D eigenvalue weighted by Crippen LogP contribution is -2.36. The summed E-state index contributed by atoms with van der Waals surface area (Å²) >= 11 is 5.98. The predicted octanol–water partition coefficient (Wildman–Crippen LogP) is 4.09. The van der Waals surface area contributed by atoms with Crippen molar-refractivity contribution in [2.24, 2.45) is 5.92 Å². The lowest BCUT2D eigenvalue weighted by Gasteiger charge is -2.20. The first kappa shape index (κ1) is 17.6. The molecule has 2 rings (SSSR count). The number of hydrogen-bond donors (Lipinski definition) is 1. The number of rotatable bonds is 6. The van der Waals surface area contributed by atoms with E-state index in [1.807, 2.05) is 31.2 Å². The lowest BCUT2D eigenvalue weighted by atomic mass is 10.00. The maximum absolute atomic E-state index is 12.2. The van der Waals surface area contributed by atoms with Crippen molar-refractivity contribution in [3.8, 4) is 0 Å². The van der Waals surface area contributed by atoms with Crippen molar-refractivity contribution in [2.75, 3.05) is 19.6 Å². The van der Waals surface area contributed by atoms with E-state index in [0.29, 0.717) is 5.92 Å². The molecule has 1 aromatic rings. The molecule has 2 atom stereocenters. The molecule has 0 radical (unpaired) electrons. The SMILES string of the molecule is CC(CC1CCN(Cc2cccc(Cl)c2)C1)NCC(F)(F)F. The van der Waals surface area contributed by atoms with Gasteiger partial charge in [0.05, 0.1) is 6.54 Å². The van der Waals surface area contributed by atoms with Crippen LogP contribution in [0, 0.1) is 5.92 Å². The molecule has 1 saturated heterocycles. The first-order valence-corrected chi connectivity index (χ1v) is 7.96. The number of nitrogens with one attached hydrogen (secondary N) is 1. The fraction of sp³-hybridized carbons (Fsp3) is 0.625. The highest BCUT2D eigenvalue weighted by Gasteiger charge is 2.29. The molecule has 0 saturated carbocycles. The Hall–Kier alpha value is -0.780. The number of alkyl halides is 3. The van der Waals surface area contributed by atoms with Crippen LogP contribution >= 0.6 is 11.6 Å². The first-order valence-electron chi connectivity index (χ1n) is 7.59. The Bertz CT molecular complexity index is 479. The summed E-state index contributed by atoms with van der Waals surface area (Å²) in [7, 11) is 0. The van der Waals surface area contributed by atoms with E-state index in [2.05, 4.69) is 10.2 Å². The second-order valence-corrected chi connectivity index (χ2v) is 6.59. The van der Waals surface area contributed by atoms with Crippen molar-refractivity contribution in [3.05, 3.63) is 34.9 Å². The molecule has 124 valence electrons. The molecular formula is C16H22ClF3N2. The Morgan fingerprint density at radius 1 is 1.41 bits per heavy atom. The van der Waals surface area contributed by atoms with Crippen LogP contribution in [0.25, 0.3) is 0 Å². The Morgan fingerprint density at radius 3 is 2.86 bits per heavy atom. The van der Waals surface area contributed by atoms with Gasteiger partial charge in [0, 0.05) is 24.2 Å². The highest BCUT2D eigenvalue weighted by Crippen LogP contribution is 2.24. The first-order chi connectivity index (χ1) is 10.3.